The van der Waals surface area contributed by atoms with E-state index in [1.807, 2.05) is 42.5 Å². The van der Waals surface area contributed by atoms with Crippen molar-refractivity contribution in [1.29, 1.82) is 0 Å². The summed E-state index contributed by atoms with van der Waals surface area (Å²) in [5, 5.41) is 3.30. The molecule has 1 unspecified atom stereocenters. The van der Waals surface area contributed by atoms with Gasteiger partial charge in [0.15, 0.2) is 0 Å². The average Bonchev–Trinajstić information content (AvgIpc) is 2.92. The number of aromatic nitrogens is 2. The number of hydrogen-bond donors (Lipinski definition) is 2. The van der Waals surface area contributed by atoms with Gasteiger partial charge in [0.25, 0.3) is 0 Å². The van der Waals surface area contributed by atoms with Crippen LogP contribution in [0.4, 0.5) is 17.3 Å². The largest absolute Gasteiger partial charge is 0.495 e. The second kappa shape index (κ2) is 15.5. The lowest BCUT2D eigenvalue weighted by Gasteiger charge is -2.19. The highest BCUT2D eigenvalue weighted by Gasteiger charge is 2.13. The molecule has 2 aromatic carbocycles. The van der Waals surface area contributed by atoms with E-state index in [0.29, 0.717) is 24.0 Å². The van der Waals surface area contributed by atoms with Gasteiger partial charge in [0.05, 0.1) is 23.4 Å². The number of anilines is 3. The van der Waals surface area contributed by atoms with Crippen molar-refractivity contribution < 1.29 is 14.2 Å². The Balaban J connectivity index is 1.68. The van der Waals surface area contributed by atoms with Crippen LogP contribution in [0.15, 0.2) is 53.6 Å². The number of nitrogens with one attached hydrogen (secondary N) is 1. The van der Waals surface area contributed by atoms with Crippen LogP contribution in [0, 0.1) is 0 Å². The van der Waals surface area contributed by atoms with Crippen LogP contribution in [0.5, 0.6) is 11.5 Å². The van der Waals surface area contributed by atoms with Crippen molar-refractivity contribution in [3.05, 3.63) is 48.7 Å². The molecular formula is C29H42N6O3S. The van der Waals surface area contributed by atoms with Crippen molar-refractivity contribution in [2.75, 3.05) is 66.1 Å². The van der Waals surface area contributed by atoms with Crippen LogP contribution < -0.4 is 20.5 Å². The molecule has 1 aromatic heterocycles. The number of rotatable bonds is 16. The Morgan fingerprint density at radius 3 is 2.54 bits per heavy atom. The summed E-state index contributed by atoms with van der Waals surface area (Å²) in [6.45, 7) is 4.78. The second-order valence-electron chi connectivity index (χ2n) is 9.54. The first kappa shape index (κ1) is 30.5. The predicted molar refractivity (Wildman–Crippen MR) is 161 cm³/mol. The monoisotopic (exact) mass is 554 g/mol. The lowest BCUT2D eigenvalue weighted by molar-refractivity contribution is 0.123. The summed E-state index contributed by atoms with van der Waals surface area (Å²) in [6.07, 6.45) is 4.57. The van der Waals surface area contributed by atoms with Gasteiger partial charge in [-0.2, -0.15) is 0 Å². The van der Waals surface area contributed by atoms with Crippen LogP contribution in [0.1, 0.15) is 26.2 Å². The van der Waals surface area contributed by atoms with Gasteiger partial charge < -0.3 is 30.2 Å². The van der Waals surface area contributed by atoms with Crippen molar-refractivity contribution in [3.8, 4) is 22.8 Å². The first-order valence-corrected chi connectivity index (χ1v) is 14.0. The summed E-state index contributed by atoms with van der Waals surface area (Å²) in [6, 6.07) is 13.6. The highest BCUT2D eigenvalue weighted by atomic mass is 32.2. The Labute approximate surface area is 237 Å². The minimum absolute atomic E-state index is 0.0539. The zero-order valence-corrected chi connectivity index (χ0v) is 24.8. The van der Waals surface area contributed by atoms with Gasteiger partial charge in [-0.15, -0.1) is 0 Å². The number of methoxy groups -OCH3 is 2. The molecule has 0 aliphatic rings. The lowest BCUT2D eigenvalue weighted by Crippen LogP contribution is -2.19. The Kier molecular flexibility index (Phi) is 12.1. The van der Waals surface area contributed by atoms with Crippen LogP contribution >= 0.6 is 11.9 Å². The van der Waals surface area contributed by atoms with E-state index in [1.54, 1.807) is 32.4 Å². The molecule has 0 aliphatic heterocycles. The molecule has 0 aliphatic carbocycles. The van der Waals surface area contributed by atoms with E-state index in [9.17, 15) is 0 Å². The fourth-order valence-corrected chi connectivity index (χ4v) is 4.86. The molecule has 0 amide bonds. The summed E-state index contributed by atoms with van der Waals surface area (Å²) in [7, 11) is 9.66. The number of nitrogens with two attached hydrogens (primary N) is 1. The van der Waals surface area contributed by atoms with Crippen LogP contribution in [-0.4, -0.2) is 80.3 Å². The van der Waals surface area contributed by atoms with E-state index in [-0.39, 0.29) is 6.10 Å². The van der Waals surface area contributed by atoms with E-state index in [0.717, 1.165) is 59.9 Å². The van der Waals surface area contributed by atoms with Crippen molar-refractivity contribution in [1.82, 2.24) is 19.2 Å². The van der Waals surface area contributed by atoms with Gasteiger partial charge in [0.1, 0.15) is 17.6 Å². The van der Waals surface area contributed by atoms with Crippen LogP contribution in [0.2, 0.25) is 0 Å². The van der Waals surface area contributed by atoms with E-state index in [4.69, 9.17) is 24.9 Å². The third kappa shape index (κ3) is 9.58. The Hall–Kier alpha value is -3.05. The van der Waals surface area contributed by atoms with Gasteiger partial charge in [-0.3, -0.25) is 0 Å². The molecular weight excluding hydrogens is 512 g/mol. The Bertz CT molecular complexity index is 1180. The van der Waals surface area contributed by atoms with Crippen molar-refractivity contribution in [2.45, 2.75) is 37.2 Å². The fraction of sp³-hybridized carbons (Fsp3) is 0.448. The summed E-state index contributed by atoms with van der Waals surface area (Å²) in [4.78, 5) is 12.4. The first-order chi connectivity index (χ1) is 18.8. The molecule has 3 rings (SSSR count). The molecule has 1 heterocycles. The van der Waals surface area contributed by atoms with Gasteiger partial charge >= 0.3 is 0 Å². The zero-order valence-electron chi connectivity index (χ0n) is 23.9. The third-order valence-corrected chi connectivity index (χ3v) is 7.13. The van der Waals surface area contributed by atoms with Crippen LogP contribution in [-0.2, 0) is 4.74 Å². The number of nitrogen functional groups attached to an aromatic ring is 1. The summed E-state index contributed by atoms with van der Waals surface area (Å²) >= 11 is 1.67. The molecule has 3 N–H and O–H groups in total. The van der Waals surface area contributed by atoms with Crippen LogP contribution in [0.3, 0.4) is 0 Å². The Morgan fingerprint density at radius 1 is 1.03 bits per heavy atom. The van der Waals surface area contributed by atoms with Crippen molar-refractivity contribution in [2.24, 2.45) is 0 Å². The maximum atomic E-state index is 6.34. The minimum atomic E-state index is 0.0539. The molecule has 10 heteroatoms. The van der Waals surface area contributed by atoms with E-state index in [2.05, 4.69) is 47.6 Å². The smallest absolute Gasteiger partial charge is 0.227 e. The minimum Gasteiger partial charge on any atom is -0.495 e. The standard InChI is InChI=1S/C29H42N6O3S/c1-7-23(14-18-36-5)38-26-11-9-21(19-24(26)30)25-13-15-31-29(33-25)32-22-10-12-28(27(20-22)37-6)39-35(4)17-8-16-34(2)3/h9-13,15,19-20,23H,7-8,14,16-18,30H2,1-6H3,(H,31,32,33). The summed E-state index contributed by atoms with van der Waals surface area (Å²) in [5.74, 6) is 1.95. The van der Waals surface area contributed by atoms with Gasteiger partial charge in [-0.1, -0.05) is 6.92 Å². The Morgan fingerprint density at radius 2 is 1.85 bits per heavy atom. The topological polar surface area (TPSA) is 98.0 Å². The van der Waals surface area contributed by atoms with Gasteiger partial charge in [-0.05, 0) is 88.9 Å². The number of nitrogens with zero attached hydrogens (tertiary/aromatic N) is 4. The molecule has 0 fully saturated rings. The van der Waals surface area contributed by atoms with Crippen molar-refractivity contribution in [3.63, 3.8) is 0 Å². The first-order valence-electron chi connectivity index (χ1n) is 13.2. The normalized spacial score (nSPS) is 12.1. The highest BCUT2D eigenvalue weighted by Crippen LogP contribution is 2.34. The average molecular weight is 555 g/mol. The molecule has 0 spiro atoms. The second-order valence-corrected chi connectivity index (χ2v) is 10.8. The SMILES string of the molecule is CCC(CCOC)Oc1ccc(-c2ccnc(Nc3ccc(SN(C)CCCN(C)C)c(OC)c3)n2)cc1N. The van der Waals surface area contributed by atoms with Crippen molar-refractivity contribution >= 4 is 29.3 Å². The van der Waals surface area contributed by atoms with Gasteiger partial charge in [0.2, 0.25) is 5.95 Å². The molecule has 1 atom stereocenters. The molecule has 212 valence electrons. The highest BCUT2D eigenvalue weighted by molar-refractivity contribution is 7.97. The number of benzene rings is 2. The molecule has 0 bridgehead atoms. The molecule has 0 saturated carbocycles. The van der Waals surface area contributed by atoms with E-state index < -0.39 is 0 Å². The number of hydrogen-bond acceptors (Lipinski definition) is 10. The quantitative estimate of drug-likeness (QED) is 0.173. The lowest BCUT2D eigenvalue weighted by atomic mass is 10.1. The maximum Gasteiger partial charge on any atom is 0.227 e. The fourth-order valence-electron chi connectivity index (χ4n) is 3.94. The maximum absolute atomic E-state index is 6.34. The van der Waals surface area contributed by atoms with Gasteiger partial charge in [0, 0.05) is 50.2 Å². The third-order valence-electron chi connectivity index (χ3n) is 6.11. The summed E-state index contributed by atoms with van der Waals surface area (Å²) in [5.41, 5.74) is 9.39. The number of ether oxygens (including phenoxy) is 3. The van der Waals surface area contributed by atoms with Gasteiger partial charge in [-0.25, -0.2) is 14.3 Å². The molecule has 9 nitrogen and oxygen atoms in total. The molecule has 0 radical (unpaired) electrons. The summed E-state index contributed by atoms with van der Waals surface area (Å²) < 4.78 is 19.2. The molecule has 39 heavy (non-hydrogen) atoms. The molecule has 0 saturated heterocycles. The van der Waals surface area contributed by atoms with Crippen LogP contribution in [0.25, 0.3) is 11.3 Å². The zero-order chi connectivity index (χ0) is 28.2. The predicted octanol–water partition coefficient (Wildman–Crippen LogP) is 5.56. The van der Waals surface area contributed by atoms with E-state index in [1.165, 1.54) is 0 Å². The molecule has 3 aromatic rings. The van der Waals surface area contributed by atoms with E-state index >= 15 is 0 Å².